The van der Waals surface area contributed by atoms with Crippen LogP contribution in [0.2, 0.25) is 0 Å². The molecule has 8 heteroatoms. The van der Waals surface area contributed by atoms with Gasteiger partial charge >= 0.3 is 0 Å². The van der Waals surface area contributed by atoms with Crippen LogP contribution in [0.4, 0.5) is 0 Å². The number of nitrogens with zero attached hydrogens (tertiary/aromatic N) is 3. The highest BCUT2D eigenvalue weighted by Gasteiger charge is 2.32. The van der Waals surface area contributed by atoms with Crippen LogP contribution in [0.25, 0.3) is 0 Å². The Kier molecular flexibility index (Phi) is 4.38. The van der Waals surface area contributed by atoms with Gasteiger partial charge in [-0.25, -0.2) is 8.42 Å². The summed E-state index contributed by atoms with van der Waals surface area (Å²) >= 11 is 0. The van der Waals surface area contributed by atoms with Gasteiger partial charge in [-0.2, -0.15) is 9.57 Å². The van der Waals surface area contributed by atoms with E-state index < -0.39 is 10.0 Å². The van der Waals surface area contributed by atoms with Crippen molar-refractivity contribution >= 4 is 15.9 Å². The smallest absolute Gasteiger partial charge is 0.289 e. The number of amides is 1. The molecule has 124 valence electrons. The predicted octanol–water partition coefficient (Wildman–Crippen LogP) is 1.30. The van der Waals surface area contributed by atoms with Crippen molar-refractivity contribution in [3.05, 3.63) is 54.0 Å². The van der Waals surface area contributed by atoms with Gasteiger partial charge in [-0.15, -0.1) is 0 Å². The van der Waals surface area contributed by atoms with Crippen molar-refractivity contribution in [2.24, 2.45) is 0 Å². The van der Waals surface area contributed by atoms with Crippen LogP contribution in [0.5, 0.6) is 0 Å². The summed E-state index contributed by atoms with van der Waals surface area (Å²) in [7, 11) is -3.76. The molecule has 7 nitrogen and oxygen atoms in total. The molecule has 2 aromatic rings. The summed E-state index contributed by atoms with van der Waals surface area (Å²) in [6, 6.07) is 11.2. The number of nitriles is 1. The molecule has 3 rings (SSSR count). The number of furan rings is 1. The van der Waals surface area contributed by atoms with Crippen LogP contribution in [0.1, 0.15) is 16.1 Å². The van der Waals surface area contributed by atoms with Crippen molar-refractivity contribution in [2.45, 2.75) is 4.90 Å². The molecule has 0 spiro atoms. The van der Waals surface area contributed by atoms with Crippen LogP contribution in [0.3, 0.4) is 0 Å². The van der Waals surface area contributed by atoms with E-state index in [0.717, 1.165) is 0 Å². The third-order valence-corrected chi connectivity index (χ3v) is 5.84. The van der Waals surface area contributed by atoms with E-state index in [2.05, 4.69) is 0 Å². The Morgan fingerprint density at radius 3 is 2.42 bits per heavy atom. The maximum absolute atomic E-state index is 12.7. The van der Waals surface area contributed by atoms with E-state index in [4.69, 9.17) is 9.68 Å². The number of carbonyl (C=O) groups is 1. The number of piperazine rings is 1. The highest BCUT2D eigenvalue weighted by atomic mass is 32.2. The van der Waals surface area contributed by atoms with Gasteiger partial charge in [-0.1, -0.05) is 12.1 Å². The number of hydrogen-bond donors (Lipinski definition) is 0. The highest BCUT2D eigenvalue weighted by molar-refractivity contribution is 7.89. The average molecular weight is 345 g/mol. The number of sulfonamides is 1. The minimum absolute atomic E-state index is 0.00156. The molecule has 2 heterocycles. The van der Waals surface area contributed by atoms with Gasteiger partial charge in [0, 0.05) is 26.2 Å². The Hall–Kier alpha value is -2.63. The lowest BCUT2D eigenvalue weighted by atomic mass is 10.2. The van der Waals surface area contributed by atoms with Gasteiger partial charge in [0.05, 0.1) is 16.7 Å². The summed E-state index contributed by atoms with van der Waals surface area (Å²) in [5.74, 6) is -0.0180. The molecule has 1 aromatic heterocycles. The molecule has 0 radical (unpaired) electrons. The molecule has 1 aliphatic rings. The van der Waals surface area contributed by atoms with Gasteiger partial charge < -0.3 is 9.32 Å². The molecule has 0 N–H and O–H groups in total. The van der Waals surface area contributed by atoms with Gasteiger partial charge in [-0.05, 0) is 24.3 Å². The summed E-state index contributed by atoms with van der Waals surface area (Å²) in [5.41, 5.74) is 0.117. The zero-order chi connectivity index (χ0) is 17.2. The molecule has 0 atom stereocenters. The first-order chi connectivity index (χ1) is 11.5. The molecule has 1 saturated heterocycles. The Labute approximate surface area is 139 Å². The van der Waals surface area contributed by atoms with Crippen LogP contribution >= 0.6 is 0 Å². The zero-order valence-electron chi connectivity index (χ0n) is 12.8. The zero-order valence-corrected chi connectivity index (χ0v) is 13.6. The lowest BCUT2D eigenvalue weighted by molar-refractivity contribution is 0.0666. The fourth-order valence-corrected chi connectivity index (χ4v) is 4.17. The summed E-state index contributed by atoms with van der Waals surface area (Å²) in [5, 5.41) is 9.10. The molecule has 0 aliphatic carbocycles. The Balaban J connectivity index is 1.75. The lowest BCUT2D eigenvalue weighted by Crippen LogP contribution is -2.50. The Morgan fingerprint density at radius 1 is 1.08 bits per heavy atom. The molecule has 24 heavy (non-hydrogen) atoms. The van der Waals surface area contributed by atoms with Crippen molar-refractivity contribution in [1.82, 2.24) is 9.21 Å². The second kappa shape index (κ2) is 6.47. The molecular formula is C16H15N3O4S. The molecule has 0 bridgehead atoms. The van der Waals surface area contributed by atoms with Crippen molar-refractivity contribution in [1.29, 1.82) is 5.26 Å². The first-order valence-electron chi connectivity index (χ1n) is 7.36. The van der Waals surface area contributed by atoms with Gasteiger partial charge in [0.25, 0.3) is 5.91 Å². The van der Waals surface area contributed by atoms with Crippen LogP contribution < -0.4 is 0 Å². The summed E-state index contributed by atoms with van der Waals surface area (Å²) < 4.78 is 31.8. The highest BCUT2D eigenvalue weighted by Crippen LogP contribution is 2.21. The summed E-state index contributed by atoms with van der Waals surface area (Å²) in [6.07, 6.45) is 1.42. The van der Waals surface area contributed by atoms with Gasteiger partial charge in [-0.3, -0.25) is 4.79 Å². The molecule has 1 fully saturated rings. The maximum atomic E-state index is 12.7. The summed E-state index contributed by atoms with van der Waals surface area (Å²) in [4.78, 5) is 13.8. The normalized spacial score (nSPS) is 15.9. The van der Waals surface area contributed by atoms with E-state index in [1.807, 2.05) is 6.07 Å². The third kappa shape index (κ3) is 2.91. The van der Waals surface area contributed by atoms with E-state index in [-0.39, 0.29) is 48.3 Å². The number of benzene rings is 1. The minimum Gasteiger partial charge on any atom is -0.459 e. The van der Waals surface area contributed by atoms with E-state index in [0.29, 0.717) is 0 Å². The Bertz CT molecular complexity index is 876. The van der Waals surface area contributed by atoms with Crippen molar-refractivity contribution in [3.8, 4) is 6.07 Å². The topological polar surface area (TPSA) is 94.6 Å². The largest absolute Gasteiger partial charge is 0.459 e. The number of carbonyl (C=O) groups excluding carboxylic acids is 1. The molecule has 0 unspecified atom stereocenters. The second-order valence-electron chi connectivity index (χ2n) is 5.28. The quantitative estimate of drug-likeness (QED) is 0.835. The standard InChI is InChI=1S/C16H15N3O4S/c17-12-13-4-1-2-6-15(13)24(21,22)19-9-7-18(8-10-19)16(20)14-5-3-11-23-14/h1-6,11H,7-10H2. The van der Waals surface area contributed by atoms with E-state index in [1.165, 1.54) is 22.7 Å². The van der Waals surface area contributed by atoms with Gasteiger partial charge in [0.2, 0.25) is 10.0 Å². The molecule has 1 aliphatic heterocycles. The van der Waals surface area contributed by atoms with E-state index in [1.54, 1.807) is 29.2 Å². The van der Waals surface area contributed by atoms with Crippen LogP contribution in [0.15, 0.2) is 52.0 Å². The van der Waals surface area contributed by atoms with Crippen molar-refractivity contribution in [3.63, 3.8) is 0 Å². The molecule has 1 amide bonds. The SMILES string of the molecule is N#Cc1ccccc1S(=O)(=O)N1CCN(C(=O)c2ccco2)CC1. The number of rotatable bonds is 3. The lowest BCUT2D eigenvalue weighted by Gasteiger charge is -2.33. The molecular weight excluding hydrogens is 330 g/mol. The second-order valence-corrected chi connectivity index (χ2v) is 7.19. The fourth-order valence-electron chi connectivity index (χ4n) is 2.61. The van der Waals surface area contributed by atoms with Gasteiger partial charge in [0.1, 0.15) is 6.07 Å². The molecule has 1 aromatic carbocycles. The van der Waals surface area contributed by atoms with Crippen LogP contribution in [-0.4, -0.2) is 49.7 Å². The monoisotopic (exact) mass is 345 g/mol. The van der Waals surface area contributed by atoms with Crippen LogP contribution in [0, 0.1) is 11.3 Å². The first-order valence-corrected chi connectivity index (χ1v) is 8.80. The van der Waals surface area contributed by atoms with E-state index >= 15 is 0 Å². The van der Waals surface area contributed by atoms with Crippen LogP contribution in [-0.2, 0) is 10.0 Å². The minimum atomic E-state index is -3.76. The molecule has 0 saturated carbocycles. The fraction of sp³-hybridized carbons (Fsp3) is 0.250. The van der Waals surface area contributed by atoms with Crippen molar-refractivity contribution in [2.75, 3.05) is 26.2 Å². The Morgan fingerprint density at radius 2 is 1.79 bits per heavy atom. The third-order valence-electron chi connectivity index (χ3n) is 3.88. The van der Waals surface area contributed by atoms with E-state index in [9.17, 15) is 13.2 Å². The number of hydrogen-bond acceptors (Lipinski definition) is 5. The first kappa shape index (κ1) is 16.2. The van der Waals surface area contributed by atoms with Crippen molar-refractivity contribution < 1.29 is 17.6 Å². The van der Waals surface area contributed by atoms with Gasteiger partial charge in [0.15, 0.2) is 5.76 Å². The average Bonchev–Trinajstić information content (AvgIpc) is 3.15. The maximum Gasteiger partial charge on any atom is 0.289 e. The summed E-state index contributed by atoms with van der Waals surface area (Å²) in [6.45, 7) is 0.893. The predicted molar refractivity (Wildman–Crippen MR) is 84.5 cm³/mol.